The molecule has 0 aliphatic carbocycles. The van der Waals surface area contributed by atoms with Crippen LogP contribution in [0.4, 0.5) is 0 Å². The number of carbonyl (C=O) groups is 1. The molecule has 0 radical (unpaired) electrons. The summed E-state index contributed by atoms with van der Waals surface area (Å²) in [6.45, 7) is 2.57. The highest BCUT2D eigenvalue weighted by molar-refractivity contribution is 5.95. The van der Waals surface area contributed by atoms with Crippen LogP contribution in [0.2, 0.25) is 0 Å². The smallest absolute Gasteiger partial charge is 0.257 e. The summed E-state index contributed by atoms with van der Waals surface area (Å²) in [6.07, 6.45) is 10.8. The number of rotatable bonds is 3. The zero-order valence-corrected chi connectivity index (χ0v) is 15.3. The minimum Gasteiger partial charge on any atom is -0.467 e. The largest absolute Gasteiger partial charge is 0.467 e. The van der Waals surface area contributed by atoms with Crippen LogP contribution >= 0.6 is 0 Å². The standard InChI is InChI=1S/C21H22N4O2/c1-15-17(14-23-20(24-15)16-7-5-10-22-13-16)21(26)25-11-4-2-3-8-18(25)19-9-6-12-27-19/h5-7,9-10,12-14,18H,2-4,8,11H2,1H3/t18-/m1/s1. The van der Waals surface area contributed by atoms with E-state index < -0.39 is 0 Å². The van der Waals surface area contributed by atoms with Crippen LogP contribution in [-0.2, 0) is 0 Å². The molecule has 6 heteroatoms. The van der Waals surface area contributed by atoms with Crippen molar-refractivity contribution in [2.24, 2.45) is 0 Å². The molecule has 1 saturated heterocycles. The Bertz CT molecular complexity index is 909. The Hall–Kier alpha value is -3.02. The summed E-state index contributed by atoms with van der Waals surface area (Å²) in [5, 5.41) is 0. The number of aryl methyl sites for hydroxylation is 1. The lowest BCUT2D eigenvalue weighted by Crippen LogP contribution is -2.35. The molecule has 4 heterocycles. The van der Waals surface area contributed by atoms with Crippen LogP contribution in [0, 0.1) is 6.92 Å². The van der Waals surface area contributed by atoms with Crippen molar-refractivity contribution in [3.05, 3.63) is 66.1 Å². The van der Waals surface area contributed by atoms with E-state index in [1.165, 1.54) is 0 Å². The number of pyridine rings is 1. The summed E-state index contributed by atoms with van der Waals surface area (Å²) in [4.78, 5) is 28.3. The van der Waals surface area contributed by atoms with E-state index in [-0.39, 0.29) is 11.9 Å². The molecule has 138 valence electrons. The van der Waals surface area contributed by atoms with Gasteiger partial charge in [-0.15, -0.1) is 0 Å². The lowest BCUT2D eigenvalue weighted by molar-refractivity contribution is 0.0657. The number of furan rings is 1. The van der Waals surface area contributed by atoms with Crippen molar-refractivity contribution in [2.45, 2.75) is 38.6 Å². The average Bonchev–Trinajstić information content (AvgIpc) is 3.12. The normalized spacial score (nSPS) is 17.5. The molecular formula is C21H22N4O2. The topological polar surface area (TPSA) is 72.1 Å². The molecule has 6 nitrogen and oxygen atoms in total. The van der Waals surface area contributed by atoms with E-state index in [4.69, 9.17) is 4.42 Å². The van der Waals surface area contributed by atoms with Gasteiger partial charge in [-0.3, -0.25) is 9.78 Å². The second-order valence-electron chi connectivity index (χ2n) is 6.81. The van der Waals surface area contributed by atoms with E-state index in [0.717, 1.165) is 37.0 Å². The molecule has 0 unspecified atom stereocenters. The molecule has 0 bridgehead atoms. The first-order valence-electron chi connectivity index (χ1n) is 9.32. The van der Waals surface area contributed by atoms with Crippen LogP contribution in [0.25, 0.3) is 11.4 Å². The van der Waals surface area contributed by atoms with Gasteiger partial charge < -0.3 is 9.32 Å². The quantitative estimate of drug-likeness (QED) is 0.698. The van der Waals surface area contributed by atoms with E-state index in [1.807, 2.05) is 36.1 Å². The summed E-state index contributed by atoms with van der Waals surface area (Å²) >= 11 is 0. The second-order valence-corrected chi connectivity index (χ2v) is 6.81. The molecule has 27 heavy (non-hydrogen) atoms. The van der Waals surface area contributed by atoms with E-state index in [0.29, 0.717) is 23.6 Å². The Kier molecular flexibility index (Phi) is 4.96. The molecule has 4 rings (SSSR count). The Labute approximate surface area is 158 Å². The van der Waals surface area contributed by atoms with Crippen molar-refractivity contribution in [3.8, 4) is 11.4 Å². The van der Waals surface area contributed by atoms with Gasteiger partial charge in [-0.25, -0.2) is 9.97 Å². The number of hydrogen-bond donors (Lipinski definition) is 0. The molecule has 0 N–H and O–H groups in total. The molecule has 0 aromatic carbocycles. The highest BCUT2D eigenvalue weighted by atomic mass is 16.3. The number of hydrogen-bond acceptors (Lipinski definition) is 5. The Morgan fingerprint density at radius 3 is 2.85 bits per heavy atom. The van der Waals surface area contributed by atoms with Crippen molar-refractivity contribution in [1.29, 1.82) is 0 Å². The predicted octanol–water partition coefficient (Wildman–Crippen LogP) is 4.20. The molecule has 1 amide bonds. The minimum absolute atomic E-state index is 0.0338. The van der Waals surface area contributed by atoms with E-state index >= 15 is 0 Å². The van der Waals surface area contributed by atoms with E-state index in [1.54, 1.807) is 24.9 Å². The van der Waals surface area contributed by atoms with Gasteiger partial charge in [-0.05, 0) is 44.0 Å². The first kappa shape index (κ1) is 17.4. The van der Waals surface area contributed by atoms with Gasteiger partial charge in [-0.1, -0.05) is 12.8 Å². The molecule has 1 aliphatic rings. The third-order valence-electron chi connectivity index (χ3n) is 5.01. The minimum atomic E-state index is -0.0348. The fourth-order valence-electron chi connectivity index (χ4n) is 3.59. The highest BCUT2D eigenvalue weighted by Gasteiger charge is 2.30. The van der Waals surface area contributed by atoms with Gasteiger partial charge >= 0.3 is 0 Å². The van der Waals surface area contributed by atoms with Gasteiger partial charge in [0, 0.05) is 30.7 Å². The molecule has 1 aliphatic heterocycles. The van der Waals surface area contributed by atoms with Gasteiger partial charge in [-0.2, -0.15) is 0 Å². The predicted molar refractivity (Wildman–Crippen MR) is 101 cm³/mol. The maximum atomic E-state index is 13.3. The van der Waals surface area contributed by atoms with Gasteiger partial charge in [0.1, 0.15) is 5.76 Å². The van der Waals surface area contributed by atoms with Gasteiger partial charge in [0.15, 0.2) is 5.82 Å². The lowest BCUT2D eigenvalue weighted by atomic mass is 10.1. The first-order chi connectivity index (χ1) is 13.2. The summed E-state index contributed by atoms with van der Waals surface area (Å²) in [6, 6.07) is 7.54. The van der Waals surface area contributed by atoms with Crippen molar-refractivity contribution in [3.63, 3.8) is 0 Å². The Balaban J connectivity index is 1.64. The van der Waals surface area contributed by atoms with Crippen LogP contribution in [0.1, 0.15) is 53.5 Å². The van der Waals surface area contributed by atoms with Crippen molar-refractivity contribution in [2.75, 3.05) is 6.54 Å². The number of amides is 1. The second kappa shape index (κ2) is 7.70. The molecule has 1 atom stereocenters. The third kappa shape index (κ3) is 3.60. The monoisotopic (exact) mass is 362 g/mol. The van der Waals surface area contributed by atoms with Crippen LogP contribution in [0.3, 0.4) is 0 Å². The fourth-order valence-corrected chi connectivity index (χ4v) is 3.59. The molecule has 1 fully saturated rings. The van der Waals surface area contributed by atoms with Crippen molar-refractivity contribution in [1.82, 2.24) is 19.9 Å². The van der Waals surface area contributed by atoms with Crippen LogP contribution in [0.5, 0.6) is 0 Å². The maximum absolute atomic E-state index is 13.3. The van der Waals surface area contributed by atoms with E-state index in [2.05, 4.69) is 15.0 Å². The fraction of sp³-hybridized carbons (Fsp3) is 0.333. The third-order valence-corrected chi connectivity index (χ3v) is 5.01. The van der Waals surface area contributed by atoms with Gasteiger partial charge in [0.05, 0.1) is 23.6 Å². The van der Waals surface area contributed by atoms with Crippen molar-refractivity contribution < 1.29 is 9.21 Å². The number of likely N-dealkylation sites (tertiary alicyclic amines) is 1. The summed E-state index contributed by atoms with van der Waals surface area (Å²) in [5.74, 6) is 1.39. The summed E-state index contributed by atoms with van der Waals surface area (Å²) in [5.41, 5.74) is 2.06. The Morgan fingerprint density at radius 1 is 1.19 bits per heavy atom. The van der Waals surface area contributed by atoms with Crippen molar-refractivity contribution >= 4 is 5.91 Å². The number of nitrogens with zero attached hydrogens (tertiary/aromatic N) is 4. The SMILES string of the molecule is Cc1nc(-c2cccnc2)ncc1C(=O)N1CCCCC[C@@H]1c1ccco1. The summed E-state index contributed by atoms with van der Waals surface area (Å²) in [7, 11) is 0. The molecule has 3 aromatic rings. The lowest BCUT2D eigenvalue weighted by Gasteiger charge is -2.29. The maximum Gasteiger partial charge on any atom is 0.257 e. The zero-order chi connectivity index (χ0) is 18.6. The average molecular weight is 362 g/mol. The molecule has 0 saturated carbocycles. The van der Waals surface area contributed by atoms with Crippen LogP contribution in [0.15, 0.2) is 53.5 Å². The Morgan fingerprint density at radius 2 is 2.11 bits per heavy atom. The van der Waals surface area contributed by atoms with Crippen LogP contribution in [-0.4, -0.2) is 32.3 Å². The highest BCUT2D eigenvalue weighted by Crippen LogP contribution is 2.32. The number of carbonyl (C=O) groups excluding carboxylic acids is 1. The van der Waals surface area contributed by atoms with E-state index in [9.17, 15) is 4.79 Å². The molecule has 0 spiro atoms. The van der Waals surface area contributed by atoms with Crippen LogP contribution < -0.4 is 0 Å². The zero-order valence-electron chi connectivity index (χ0n) is 15.3. The van der Waals surface area contributed by atoms with Gasteiger partial charge in [0.2, 0.25) is 0 Å². The van der Waals surface area contributed by atoms with Gasteiger partial charge in [0.25, 0.3) is 5.91 Å². The number of aromatic nitrogens is 3. The summed E-state index contributed by atoms with van der Waals surface area (Å²) < 4.78 is 5.62. The molecule has 3 aromatic heterocycles. The molecular weight excluding hydrogens is 340 g/mol. The first-order valence-corrected chi connectivity index (χ1v) is 9.32.